The Kier molecular flexibility index (Phi) is 2.68. The van der Waals surface area contributed by atoms with E-state index in [2.05, 4.69) is 0 Å². The Balaban J connectivity index is 2.41. The fourth-order valence-electron chi connectivity index (χ4n) is 2.26. The van der Waals surface area contributed by atoms with E-state index in [9.17, 15) is 9.59 Å². The van der Waals surface area contributed by atoms with Crippen LogP contribution in [0.3, 0.4) is 0 Å². The van der Waals surface area contributed by atoms with Crippen molar-refractivity contribution in [2.45, 2.75) is 25.2 Å². The van der Waals surface area contributed by atoms with Gasteiger partial charge in [0.15, 0.2) is 0 Å². The highest BCUT2D eigenvalue weighted by atomic mass is 16.5. The lowest BCUT2D eigenvalue weighted by atomic mass is 9.87. The molecule has 5 nitrogen and oxygen atoms in total. The number of hydrogen-bond donors (Lipinski definition) is 1. The third-order valence-electron chi connectivity index (χ3n) is 3.00. The summed E-state index contributed by atoms with van der Waals surface area (Å²) in [5.41, 5.74) is 1.51. The van der Waals surface area contributed by atoms with Crippen LogP contribution < -0.4 is 0 Å². The number of aromatic nitrogens is 1. The van der Waals surface area contributed by atoms with Crippen LogP contribution in [0.15, 0.2) is 12.3 Å². The van der Waals surface area contributed by atoms with Crippen molar-refractivity contribution < 1.29 is 19.4 Å². The quantitative estimate of drug-likeness (QED) is 0.734. The van der Waals surface area contributed by atoms with Crippen molar-refractivity contribution in [2.75, 3.05) is 7.11 Å². The summed E-state index contributed by atoms with van der Waals surface area (Å²) in [6, 6.07) is 1.70. The smallest absolute Gasteiger partial charge is 0.415 e. The molecule has 16 heavy (non-hydrogen) atoms. The largest absolute Gasteiger partial charge is 0.469 e. The van der Waals surface area contributed by atoms with Gasteiger partial charge >= 0.3 is 12.1 Å². The Morgan fingerprint density at radius 3 is 2.94 bits per heavy atom. The topological polar surface area (TPSA) is 68.5 Å². The first kappa shape index (κ1) is 10.7. The summed E-state index contributed by atoms with van der Waals surface area (Å²) in [6.07, 6.45) is 2.72. The van der Waals surface area contributed by atoms with E-state index in [-0.39, 0.29) is 11.9 Å². The van der Waals surface area contributed by atoms with Crippen LogP contribution in [0, 0.1) is 0 Å². The number of rotatable bonds is 1. The molecule has 1 aromatic rings. The zero-order valence-corrected chi connectivity index (χ0v) is 8.97. The van der Waals surface area contributed by atoms with E-state index in [4.69, 9.17) is 9.84 Å². The molecule has 1 unspecified atom stereocenters. The van der Waals surface area contributed by atoms with Crippen LogP contribution in [0.2, 0.25) is 0 Å². The van der Waals surface area contributed by atoms with Crippen molar-refractivity contribution in [1.29, 1.82) is 0 Å². The van der Waals surface area contributed by atoms with Crippen LogP contribution in [0.4, 0.5) is 4.79 Å². The predicted octanol–water partition coefficient (Wildman–Crippen LogP) is 1.61. The number of carbonyl (C=O) groups is 2. The van der Waals surface area contributed by atoms with Crippen LogP contribution in [-0.4, -0.2) is 28.8 Å². The normalized spacial score (nSPS) is 18.9. The number of carbonyl (C=O) groups excluding carboxylic acids is 1. The van der Waals surface area contributed by atoms with Crippen molar-refractivity contribution in [1.82, 2.24) is 4.57 Å². The highest BCUT2D eigenvalue weighted by molar-refractivity contribution is 5.80. The van der Waals surface area contributed by atoms with E-state index in [0.717, 1.165) is 18.4 Å². The van der Waals surface area contributed by atoms with Gasteiger partial charge in [-0.15, -0.1) is 0 Å². The van der Waals surface area contributed by atoms with E-state index in [1.807, 2.05) is 0 Å². The van der Waals surface area contributed by atoms with Gasteiger partial charge in [0, 0.05) is 11.9 Å². The van der Waals surface area contributed by atoms with Crippen molar-refractivity contribution in [3.63, 3.8) is 0 Å². The Morgan fingerprint density at radius 2 is 2.31 bits per heavy atom. The lowest BCUT2D eigenvalue weighted by molar-refractivity contribution is -0.142. The number of methoxy groups -OCH3 is 1. The molecular weight excluding hydrogens is 210 g/mol. The molecule has 2 rings (SSSR count). The zero-order chi connectivity index (χ0) is 11.7. The summed E-state index contributed by atoms with van der Waals surface area (Å²) in [4.78, 5) is 22.5. The van der Waals surface area contributed by atoms with Crippen molar-refractivity contribution in [3.8, 4) is 0 Å². The molecule has 1 heterocycles. The number of hydrogen-bond acceptors (Lipinski definition) is 3. The lowest BCUT2D eigenvalue weighted by Gasteiger charge is -2.21. The summed E-state index contributed by atoms with van der Waals surface area (Å²) in [7, 11) is 1.35. The van der Waals surface area contributed by atoms with Crippen LogP contribution >= 0.6 is 0 Å². The molecule has 0 radical (unpaired) electrons. The molecule has 0 saturated carbocycles. The molecule has 1 aromatic heterocycles. The first-order chi connectivity index (χ1) is 7.65. The third-order valence-corrected chi connectivity index (χ3v) is 3.00. The molecule has 86 valence electrons. The molecule has 1 N–H and O–H groups in total. The standard InChI is InChI=1S/C11H13NO4/c1-16-10(13)8-3-2-4-9-7(8)5-6-12(9)11(14)15/h5-6,8H,2-4H2,1H3,(H,14,15). The van der Waals surface area contributed by atoms with Crippen LogP contribution in [-0.2, 0) is 16.0 Å². The molecule has 0 fully saturated rings. The summed E-state index contributed by atoms with van der Waals surface area (Å²) in [5, 5.41) is 8.96. The first-order valence-corrected chi connectivity index (χ1v) is 5.16. The first-order valence-electron chi connectivity index (χ1n) is 5.16. The number of fused-ring (bicyclic) bond motifs is 1. The highest BCUT2D eigenvalue weighted by Crippen LogP contribution is 2.33. The predicted molar refractivity (Wildman–Crippen MR) is 55.5 cm³/mol. The minimum atomic E-state index is -1.01. The van der Waals surface area contributed by atoms with Crippen LogP contribution in [0.5, 0.6) is 0 Å². The number of nitrogens with zero attached hydrogens (tertiary/aromatic N) is 1. The molecule has 0 amide bonds. The monoisotopic (exact) mass is 223 g/mol. The van der Waals surface area contributed by atoms with Gasteiger partial charge in [0.25, 0.3) is 0 Å². The zero-order valence-electron chi connectivity index (χ0n) is 8.97. The van der Waals surface area contributed by atoms with Crippen molar-refractivity contribution in [2.24, 2.45) is 0 Å². The second-order valence-electron chi connectivity index (χ2n) is 3.84. The Labute approximate surface area is 92.6 Å². The van der Waals surface area contributed by atoms with Gasteiger partial charge in [-0.1, -0.05) is 0 Å². The molecule has 1 aliphatic rings. The van der Waals surface area contributed by atoms with Gasteiger partial charge in [-0.2, -0.15) is 0 Å². The molecule has 0 spiro atoms. The summed E-state index contributed by atoms with van der Waals surface area (Å²) >= 11 is 0. The van der Waals surface area contributed by atoms with Gasteiger partial charge < -0.3 is 9.84 Å². The fourth-order valence-corrected chi connectivity index (χ4v) is 2.26. The molecule has 0 aliphatic heterocycles. The Bertz CT molecular complexity index is 435. The van der Waals surface area contributed by atoms with E-state index in [1.165, 1.54) is 17.9 Å². The SMILES string of the molecule is COC(=O)C1CCCc2c1ccn2C(=O)O. The number of carboxylic acid groups (broad SMARTS) is 1. The van der Waals surface area contributed by atoms with E-state index in [1.54, 1.807) is 6.07 Å². The molecule has 0 saturated heterocycles. The van der Waals surface area contributed by atoms with Gasteiger partial charge in [-0.25, -0.2) is 4.79 Å². The maximum atomic E-state index is 11.5. The summed E-state index contributed by atoms with van der Waals surface area (Å²) in [6.45, 7) is 0. The molecule has 0 aromatic carbocycles. The van der Waals surface area contributed by atoms with Gasteiger partial charge in [0.2, 0.25) is 0 Å². The van der Waals surface area contributed by atoms with Gasteiger partial charge in [0.1, 0.15) is 0 Å². The van der Waals surface area contributed by atoms with Gasteiger partial charge in [-0.3, -0.25) is 9.36 Å². The maximum Gasteiger partial charge on any atom is 0.415 e. The van der Waals surface area contributed by atoms with E-state index in [0.29, 0.717) is 12.1 Å². The minimum absolute atomic E-state index is 0.288. The van der Waals surface area contributed by atoms with E-state index < -0.39 is 6.09 Å². The molecule has 1 aliphatic carbocycles. The average Bonchev–Trinajstić information content (AvgIpc) is 2.71. The molecule has 0 bridgehead atoms. The summed E-state index contributed by atoms with van der Waals surface area (Å²) < 4.78 is 5.91. The second-order valence-corrected chi connectivity index (χ2v) is 3.84. The van der Waals surface area contributed by atoms with E-state index >= 15 is 0 Å². The molecular formula is C11H13NO4. The molecule has 5 heteroatoms. The van der Waals surface area contributed by atoms with Crippen LogP contribution in [0.25, 0.3) is 0 Å². The third kappa shape index (κ3) is 1.58. The van der Waals surface area contributed by atoms with Gasteiger partial charge in [0.05, 0.1) is 13.0 Å². The molecule has 1 atom stereocenters. The van der Waals surface area contributed by atoms with Crippen molar-refractivity contribution in [3.05, 3.63) is 23.5 Å². The maximum absolute atomic E-state index is 11.5. The number of ether oxygens (including phenoxy) is 1. The minimum Gasteiger partial charge on any atom is -0.469 e. The fraction of sp³-hybridized carbons (Fsp3) is 0.455. The highest BCUT2D eigenvalue weighted by Gasteiger charge is 2.30. The summed E-state index contributed by atoms with van der Waals surface area (Å²) in [5.74, 6) is -0.599. The van der Waals surface area contributed by atoms with Gasteiger partial charge in [-0.05, 0) is 30.9 Å². The van der Waals surface area contributed by atoms with Crippen molar-refractivity contribution >= 4 is 12.1 Å². The average molecular weight is 223 g/mol. The Morgan fingerprint density at radius 1 is 1.56 bits per heavy atom. The lowest BCUT2D eigenvalue weighted by Crippen LogP contribution is -2.21. The number of esters is 1. The second kappa shape index (κ2) is 4.00. The Hall–Kier alpha value is -1.78. The van der Waals surface area contributed by atoms with Crippen LogP contribution in [0.1, 0.15) is 30.0 Å².